The molecule has 0 radical (unpaired) electrons. The highest BCUT2D eigenvalue weighted by molar-refractivity contribution is 5.32. The summed E-state index contributed by atoms with van der Waals surface area (Å²) < 4.78 is 17.6. The predicted molar refractivity (Wildman–Crippen MR) is 94.7 cm³/mol. The second-order valence-corrected chi connectivity index (χ2v) is 8.92. The molecule has 0 bridgehead atoms. The van der Waals surface area contributed by atoms with Gasteiger partial charge in [-0.1, -0.05) is 26.0 Å². The first-order valence-corrected chi connectivity index (χ1v) is 9.50. The maximum Gasteiger partial charge on any atom is 0.186 e. The van der Waals surface area contributed by atoms with E-state index >= 15 is 0 Å². The summed E-state index contributed by atoms with van der Waals surface area (Å²) in [7, 11) is 0. The zero-order chi connectivity index (χ0) is 20.2. The molecule has 3 aliphatic rings. The van der Waals surface area contributed by atoms with Gasteiger partial charge in [-0.25, -0.2) is 0 Å². The molecular formula is C19H32O8. The Hall–Kier alpha value is -0.580. The van der Waals surface area contributed by atoms with Crippen LogP contribution in [0.2, 0.25) is 0 Å². The summed E-state index contributed by atoms with van der Waals surface area (Å²) in [6.45, 7) is 7.31. The molecule has 2 saturated heterocycles. The van der Waals surface area contributed by atoms with Crippen molar-refractivity contribution in [2.24, 2.45) is 5.41 Å². The molecule has 2 heterocycles. The monoisotopic (exact) mass is 388 g/mol. The number of hydrogen-bond donors (Lipinski definition) is 5. The molecule has 9 atom stereocenters. The van der Waals surface area contributed by atoms with Crippen LogP contribution in [-0.4, -0.2) is 86.3 Å². The average molecular weight is 388 g/mol. The molecule has 0 spiro atoms. The highest BCUT2D eigenvalue weighted by atomic mass is 16.7. The van der Waals surface area contributed by atoms with E-state index in [1.54, 1.807) is 13.0 Å². The van der Waals surface area contributed by atoms with Gasteiger partial charge >= 0.3 is 0 Å². The van der Waals surface area contributed by atoms with Crippen molar-refractivity contribution in [3.63, 3.8) is 0 Å². The molecular weight excluding hydrogens is 356 g/mol. The van der Waals surface area contributed by atoms with E-state index in [0.717, 1.165) is 0 Å². The number of aliphatic hydroxyl groups is 5. The Labute approximate surface area is 159 Å². The fourth-order valence-corrected chi connectivity index (χ4v) is 4.78. The fraction of sp³-hybridized carbons (Fsp3) is 0.895. The lowest BCUT2D eigenvalue weighted by molar-refractivity contribution is -0.315. The van der Waals surface area contributed by atoms with Crippen molar-refractivity contribution in [3.05, 3.63) is 12.2 Å². The van der Waals surface area contributed by atoms with Crippen molar-refractivity contribution in [3.8, 4) is 0 Å². The average Bonchev–Trinajstić information content (AvgIpc) is 3.20. The maximum atomic E-state index is 10.2. The van der Waals surface area contributed by atoms with Gasteiger partial charge in [0.1, 0.15) is 35.6 Å². The summed E-state index contributed by atoms with van der Waals surface area (Å²) in [6.07, 6.45) is -2.47. The normalized spacial score (nSPS) is 50.4. The van der Waals surface area contributed by atoms with Crippen LogP contribution in [0.1, 0.15) is 40.5 Å². The van der Waals surface area contributed by atoms with E-state index in [4.69, 9.17) is 14.2 Å². The molecule has 1 aliphatic carbocycles. The molecule has 1 saturated carbocycles. The summed E-state index contributed by atoms with van der Waals surface area (Å²) >= 11 is 0. The summed E-state index contributed by atoms with van der Waals surface area (Å²) in [6, 6.07) is 0. The van der Waals surface area contributed by atoms with E-state index < -0.39 is 54.6 Å². The number of aliphatic hydroxyl groups excluding tert-OH is 5. The van der Waals surface area contributed by atoms with Crippen molar-refractivity contribution < 1.29 is 39.7 Å². The van der Waals surface area contributed by atoms with Crippen LogP contribution >= 0.6 is 0 Å². The molecule has 0 aromatic rings. The highest BCUT2D eigenvalue weighted by Crippen LogP contribution is 2.66. The maximum absolute atomic E-state index is 10.2. The molecule has 8 heteroatoms. The molecule has 0 unspecified atom stereocenters. The second-order valence-electron chi connectivity index (χ2n) is 8.92. The molecule has 0 amide bonds. The quantitative estimate of drug-likeness (QED) is 0.313. The number of epoxide rings is 1. The largest absolute Gasteiger partial charge is 0.394 e. The number of fused-ring (bicyclic) bond motifs is 1. The molecule has 2 aliphatic heterocycles. The Balaban J connectivity index is 1.72. The highest BCUT2D eigenvalue weighted by Gasteiger charge is 2.75. The molecule has 156 valence electrons. The van der Waals surface area contributed by atoms with E-state index in [9.17, 15) is 25.5 Å². The van der Waals surface area contributed by atoms with E-state index in [2.05, 4.69) is 13.8 Å². The van der Waals surface area contributed by atoms with Gasteiger partial charge in [-0.05, 0) is 20.3 Å². The van der Waals surface area contributed by atoms with Gasteiger partial charge in [-0.15, -0.1) is 0 Å². The molecule has 3 fully saturated rings. The first-order chi connectivity index (χ1) is 12.5. The Morgan fingerprint density at radius 2 is 1.78 bits per heavy atom. The van der Waals surface area contributed by atoms with E-state index in [1.807, 2.05) is 13.0 Å². The zero-order valence-corrected chi connectivity index (χ0v) is 16.3. The standard InChI is InChI=1S/C19H32O8/c1-10(21)5-6-19-17(2,3)7-11(8-18(19,4)27-19)25-16-15(24)14(23)13(22)12(9-20)26-16/h5-6,10-16,20-24H,7-9H2,1-4H3/t10-,11-,12+,13+,14-,15+,16+,18+,19-/m0/s1. The summed E-state index contributed by atoms with van der Waals surface area (Å²) in [5.74, 6) is 0. The topological polar surface area (TPSA) is 132 Å². The lowest BCUT2D eigenvalue weighted by Gasteiger charge is -2.44. The van der Waals surface area contributed by atoms with Crippen LogP contribution in [0.4, 0.5) is 0 Å². The van der Waals surface area contributed by atoms with Crippen LogP contribution in [0.25, 0.3) is 0 Å². The predicted octanol–water partition coefficient (Wildman–Crippen LogP) is -0.544. The van der Waals surface area contributed by atoms with Gasteiger partial charge in [0.2, 0.25) is 0 Å². The van der Waals surface area contributed by atoms with Gasteiger partial charge in [0.05, 0.1) is 18.8 Å². The molecule has 3 rings (SSSR count). The van der Waals surface area contributed by atoms with Crippen molar-refractivity contribution in [1.29, 1.82) is 0 Å². The van der Waals surface area contributed by atoms with Gasteiger partial charge in [-0.3, -0.25) is 0 Å². The van der Waals surface area contributed by atoms with E-state index in [1.165, 1.54) is 0 Å². The Kier molecular flexibility index (Phi) is 5.51. The molecule has 0 aromatic heterocycles. The molecule has 0 aromatic carbocycles. The van der Waals surface area contributed by atoms with Gasteiger partial charge < -0.3 is 39.7 Å². The third kappa shape index (κ3) is 3.47. The van der Waals surface area contributed by atoms with Crippen LogP contribution in [0, 0.1) is 5.41 Å². The minimum Gasteiger partial charge on any atom is -0.394 e. The van der Waals surface area contributed by atoms with Crippen molar-refractivity contribution in [1.82, 2.24) is 0 Å². The second kappa shape index (κ2) is 7.03. The SMILES string of the molecule is C[C@H](O)C=C[C@@]12O[C@]1(C)C[C@@H](O[C@@H]1O[C@H](CO)[C@@H](O)[C@H](O)[C@H]1O)CC2(C)C. The number of ether oxygens (including phenoxy) is 3. The Morgan fingerprint density at radius 3 is 2.33 bits per heavy atom. The van der Waals surface area contributed by atoms with Gasteiger partial charge in [0.25, 0.3) is 0 Å². The first kappa shape index (κ1) is 21.1. The van der Waals surface area contributed by atoms with E-state index in [-0.39, 0.29) is 11.5 Å². The third-order valence-corrected chi connectivity index (χ3v) is 6.28. The zero-order valence-electron chi connectivity index (χ0n) is 16.3. The minimum absolute atomic E-state index is 0.301. The van der Waals surface area contributed by atoms with Gasteiger partial charge in [0.15, 0.2) is 6.29 Å². The van der Waals surface area contributed by atoms with Crippen molar-refractivity contribution >= 4 is 0 Å². The molecule has 27 heavy (non-hydrogen) atoms. The lowest BCUT2D eigenvalue weighted by atomic mass is 9.63. The minimum atomic E-state index is -1.46. The van der Waals surface area contributed by atoms with Gasteiger partial charge in [0, 0.05) is 11.8 Å². The smallest absolute Gasteiger partial charge is 0.186 e. The van der Waals surface area contributed by atoms with Gasteiger partial charge in [-0.2, -0.15) is 0 Å². The Morgan fingerprint density at radius 1 is 1.11 bits per heavy atom. The number of hydrogen-bond acceptors (Lipinski definition) is 8. The fourth-order valence-electron chi connectivity index (χ4n) is 4.78. The van der Waals surface area contributed by atoms with Crippen LogP contribution in [0.3, 0.4) is 0 Å². The van der Waals surface area contributed by atoms with Crippen LogP contribution in [0.5, 0.6) is 0 Å². The summed E-state index contributed by atoms with van der Waals surface area (Å²) in [5, 5.41) is 49.0. The van der Waals surface area contributed by atoms with Crippen LogP contribution in [-0.2, 0) is 14.2 Å². The third-order valence-electron chi connectivity index (χ3n) is 6.28. The Bertz CT molecular complexity index is 576. The molecule has 5 N–H and O–H groups in total. The summed E-state index contributed by atoms with van der Waals surface area (Å²) in [5.41, 5.74) is -1.27. The first-order valence-electron chi connectivity index (χ1n) is 9.50. The van der Waals surface area contributed by atoms with Crippen LogP contribution in [0.15, 0.2) is 12.2 Å². The molecule has 8 nitrogen and oxygen atoms in total. The summed E-state index contributed by atoms with van der Waals surface area (Å²) in [4.78, 5) is 0. The van der Waals surface area contributed by atoms with Crippen LogP contribution < -0.4 is 0 Å². The van der Waals surface area contributed by atoms with E-state index in [0.29, 0.717) is 12.8 Å². The van der Waals surface area contributed by atoms with Crippen molar-refractivity contribution in [2.45, 2.75) is 94.7 Å². The lowest BCUT2D eigenvalue weighted by Crippen LogP contribution is -2.60. The van der Waals surface area contributed by atoms with Crippen molar-refractivity contribution in [2.75, 3.05) is 6.61 Å². The number of rotatable bonds is 5.